The van der Waals surface area contributed by atoms with Crippen molar-refractivity contribution >= 4 is 53.4 Å². The molecule has 0 aliphatic carbocycles. The van der Waals surface area contributed by atoms with Gasteiger partial charge < -0.3 is 4.42 Å². The van der Waals surface area contributed by atoms with Gasteiger partial charge in [-0.2, -0.15) is 0 Å². The summed E-state index contributed by atoms with van der Waals surface area (Å²) in [5.41, 5.74) is 9.37. The van der Waals surface area contributed by atoms with E-state index in [0.717, 1.165) is 44.2 Å². The van der Waals surface area contributed by atoms with Crippen molar-refractivity contribution in [3.8, 4) is 56.4 Å². The van der Waals surface area contributed by atoms with Gasteiger partial charge in [0, 0.05) is 47.6 Å². The van der Waals surface area contributed by atoms with Gasteiger partial charge in [0.2, 0.25) is 0 Å². The van der Waals surface area contributed by atoms with Crippen molar-refractivity contribution in [2.45, 2.75) is 0 Å². The molecule has 0 aliphatic rings. The summed E-state index contributed by atoms with van der Waals surface area (Å²) < 4.78 is 8.68. The van der Waals surface area contributed by atoms with Crippen molar-refractivity contribution in [1.82, 2.24) is 15.0 Å². The standard InChI is InChI=1S/C45H27N3OS/c1-3-11-28(12-4-1)43-46-44(29-13-5-2-6-14-29)48-45(47-43)32-20-23-37-38-25-30(21-24-41(38)50-42(37)27-32)33-15-7-8-16-34(33)31-19-22-36-35-17-9-10-18-39(35)49-40(36)26-31/h1-27H. The average molecular weight is 658 g/mol. The minimum Gasteiger partial charge on any atom is -0.456 e. The molecule has 3 heterocycles. The molecule has 0 aliphatic heterocycles. The third kappa shape index (κ3) is 4.87. The monoisotopic (exact) mass is 657 g/mol. The second kappa shape index (κ2) is 11.6. The van der Waals surface area contributed by atoms with Crippen LogP contribution in [0.2, 0.25) is 0 Å². The van der Waals surface area contributed by atoms with Crippen molar-refractivity contribution in [3.63, 3.8) is 0 Å². The largest absolute Gasteiger partial charge is 0.456 e. The first-order chi connectivity index (χ1) is 24.7. The molecule has 0 spiro atoms. The van der Waals surface area contributed by atoms with Crippen LogP contribution in [0.3, 0.4) is 0 Å². The van der Waals surface area contributed by atoms with Crippen LogP contribution in [0.4, 0.5) is 0 Å². The summed E-state index contributed by atoms with van der Waals surface area (Å²) in [6.45, 7) is 0. The summed E-state index contributed by atoms with van der Waals surface area (Å²) in [6, 6.07) is 57.0. The Balaban J connectivity index is 1.06. The lowest BCUT2D eigenvalue weighted by molar-refractivity contribution is 0.669. The number of nitrogens with zero attached hydrogens (tertiary/aromatic N) is 3. The Morgan fingerprint density at radius 1 is 0.340 bits per heavy atom. The van der Waals surface area contributed by atoms with Gasteiger partial charge in [-0.25, -0.2) is 15.0 Å². The second-order valence-electron chi connectivity index (χ2n) is 12.4. The van der Waals surface area contributed by atoms with Gasteiger partial charge in [0.15, 0.2) is 17.5 Å². The molecular weight excluding hydrogens is 631 g/mol. The van der Waals surface area contributed by atoms with Crippen LogP contribution < -0.4 is 0 Å². The second-order valence-corrected chi connectivity index (χ2v) is 13.5. The fourth-order valence-electron chi connectivity index (χ4n) is 6.90. The maximum Gasteiger partial charge on any atom is 0.164 e. The summed E-state index contributed by atoms with van der Waals surface area (Å²) in [4.78, 5) is 14.8. The third-order valence-electron chi connectivity index (χ3n) is 9.36. The van der Waals surface area contributed by atoms with E-state index in [-0.39, 0.29) is 0 Å². The molecule has 0 saturated heterocycles. The van der Waals surface area contributed by atoms with Gasteiger partial charge >= 0.3 is 0 Å². The lowest BCUT2D eigenvalue weighted by atomic mass is 9.93. The predicted molar refractivity (Wildman–Crippen MR) is 207 cm³/mol. The Morgan fingerprint density at radius 3 is 1.60 bits per heavy atom. The van der Waals surface area contributed by atoms with Gasteiger partial charge in [0.1, 0.15) is 11.2 Å². The summed E-state index contributed by atoms with van der Waals surface area (Å²) in [5, 5.41) is 4.74. The van der Waals surface area contributed by atoms with Crippen molar-refractivity contribution in [1.29, 1.82) is 0 Å². The van der Waals surface area contributed by atoms with E-state index < -0.39 is 0 Å². The Morgan fingerprint density at radius 2 is 0.880 bits per heavy atom. The number of thiophene rings is 1. The number of aromatic nitrogens is 3. The normalized spacial score (nSPS) is 11.6. The highest BCUT2D eigenvalue weighted by atomic mass is 32.1. The molecule has 10 rings (SSSR count). The molecule has 50 heavy (non-hydrogen) atoms. The fraction of sp³-hybridized carbons (Fsp3) is 0. The van der Waals surface area contributed by atoms with E-state index in [1.165, 1.54) is 36.9 Å². The van der Waals surface area contributed by atoms with E-state index in [9.17, 15) is 0 Å². The maximum atomic E-state index is 6.24. The van der Waals surface area contributed by atoms with Crippen LogP contribution >= 0.6 is 11.3 Å². The van der Waals surface area contributed by atoms with Gasteiger partial charge in [0.25, 0.3) is 0 Å². The Kier molecular flexibility index (Phi) is 6.64. The van der Waals surface area contributed by atoms with E-state index in [0.29, 0.717) is 17.5 Å². The smallest absolute Gasteiger partial charge is 0.164 e. The predicted octanol–water partition coefficient (Wildman–Crippen LogP) is 12.5. The molecule has 7 aromatic carbocycles. The Hall–Kier alpha value is -6.43. The molecule has 0 radical (unpaired) electrons. The summed E-state index contributed by atoms with van der Waals surface area (Å²) in [5.74, 6) is 1.98. The zero-order chi connectivity index (χ0) is 33.0. The first kappa shape index (κ1) is 28.6. The lowest BCUT2D eigenvalue weighted by Crippen LogP contribution is -1.99. The van der Waals surface area contributed by atoms with Crippen LogP contribution in [0.5, 0.6) is 0 Å². The lowest BCUT2D eigenvalue weighted by Gasteiger charge is -2.11. The summed E-state index contributed by atoms with van der Waals surface area (Å²) in [6.07, 6.45) is 0. The average Bonchev–Trinajstić information content (AvgIpc) is 3.75. The molecule has 0 fully saturated rings. The van der Waals surface area contributed by atoms with Crippen molar-refractivity contribution in [2.24, 2.45) is 0 Å². The number of para-hydroxylation sites is 1. The molecule has 0 N–H and O–H groups in total. The van der Waals surface area contributed by atoms with Gasteiger partial charge in [-0.05, 0) is 58.7 Å². The maximum absolute atomic E-state index is 6.24. The van der Waals surface area contributed by atoms with E-state index in [2.05, 4.69) is 91.0 Å². The Bertz CT molecular complexity index is 2820. The zero-order valence-electron chi connectivity index (χ0n) is 26.7. The highest BCUT2D eigenvalue weighted by molar-refractivity contribution is 7.25. The molecule has 0 saturated carbocycles. The number of fused-ring (bicyclic) bond motifs is 6. The number of rotatable bonds is 5. The van der Waals surface area contributed by atoms with Gasteiger partial charge in [0.05, 0.1) is 0 Å². The van der Waals surface area contributed by atoms with Crippen LogP contribution in [0.25, 0.3) is 98.5 Å². The molecule has 0 atom stereocenters. The first-order valence-electron chi connectivity index (χ1n) is 16.6. The fourth-order valence-corrected chi connectivity index (χ4v) is 8.03. The van der Waals surface area contributed by atoms with Gasteiger partial charge in [-0.3, -0.25) is 0 Å². The molecule has 5 heteroatoms. The highest BCUT2D eigenvalue weighted by Crippen LogP contribution is 2.41. The van der Waals surface area contributed by atoms with E-state index in [1.54, 1.807) is 11.3 Å². The molecule has 10 aromatic rings. The minimum atomic E-state index is 0.660. The molecule has 234 valence electrons. The van der Waals surface area contributed by atoms with E-state index >= 15 is 0 Å². The molecule has 0 amide bonds. The molecule has 4 nitrogen and oxygen atoms in total. The van der Waals surface area contributed by atoms with Gasteiger partial charge in [-0.15, -0.1) is 11.3 Å². The quantitative estimate of drug-likeness (QED) is 0.185. The number of hydrogen-bond acceptors (Lipinski definition) is 5. The first-order valence-corrected chi connectivity index (χ1v) is 17.4. The topological polar surface area (TPSA) is 51.8 Å². The number of benzene rings is 7. The molecule has 3 aromatic heterocycles. The molecule has 0 unspecified atom stereocenters. The van der Waals surface area contributed by atoms with Gasteiger partial charge in [-0.1, -0.05) is 127 Å². The third-order valence-corrected chi connectivity index (χ3v) is 10.5. The van der Waals surface area contributed by atoms with Crippen LogP contribution in [-0.4, -0.2) is 15.0 Å². The Labute approximate surface area is 292 Å². The molecular formula is C45H27N3OS. The zero-order valence-corrected chi connectivity index (χ0v) is 27.6. The molecule has 0 bridgehead atoms. The van der Waals surface area contributed by atoms with E-state index in [4.69, 9.17) is 19.4 Å². The summed E-state index contributed by atoms with van der Waals surface area (Å²) >= 11 is 1.80. The van der Waals surface area contributed by atoms with Crippen LogP contribution in [-0.2, 0) is 0 Å². The van der Waals surface area contributed by atoms with Crippen molar-refractivity contribution in [3.05, 3.63) is 164 Å². The van der Waals surface area contributed by atoms with Crippen molar-refractivity contribution in [2.75, 3.05) is 0 Å². The number of furan rings is 1. The van der Waals surface area contributed by atoms with Crippen LogP contribution in [0.1, 0.15) is 0 Å². The van der Waals surface area contributed by atoms with Crippen LogP contribution in [0.15, 0.2) is 168 Å². The number of hydrogen-bond donors (Lipinski definition) is 0. The van der Waals surface area contributed by atoms with E-state index in [1.807, 2.05) is 72.8 Å². The van der Waals surface area contributed by atoms with Crippen molar-refractivity contribution < 1.29 is 4.42 Å². The highest BCUT2D eigenvalue weighted by Gasteiger charge is 2.16. The summed E-state index contributed by atoms with van der Waals surface area (Å²) in [7, 11) is 0. The minimum absolute atomic E-state index is 0.660. The SMILES string of the molecule is c1ccc(-c2nc(-c3ccccc3)nc(-c3ccc4c(c3)sc3ccc(-c5ccccc5-c5ccc6c(c5)oc5ccccc56)cc34)n2)cc1. The van der Waals surface area contributed by atoms with Crippen LogP contribution in [0, 0.1) is 0 Å².